The molecule has 100 valence electrons. The van der Waals surface area contributed by atoms with Gasteiger partial charge in [-0.3, -0.25) is 4.90 Å². The zero-order valence-electron chi connectivity index (χ0n) is 11.7. The molecule has 2 rings (SSSR count). The molecule has 0 saturated carbocycles. The number of hydrogen-bond acceptors (Lipinski definition) is 3. The van der Waals surface area contributed by atoms with Gasteiger partial charge in [0.2, 0.25) is 0 Å². The van der Waals surface area contributed by atoms with Crippen LogP contribution in [0.4, 0.5) is 0 Å². The normalized spacial score (nSPS) is 18.8. The van der Waals surface area contributed by atoms with Gasteiger partial charge in [-0.05, 0) is 37.6 Å². The molecule has 1 aliphatic heterocycles. The average Bonchev–Trinajstić information content (AvgIpc) is 2.40. The molecule has 1 saturated heterocycles. The maximum absolute atomic E-state index is 5.39. The zero-order chi connectivity index (χ0) is 13.0. The second kappa shape index (κ2) is 6.32. The van der Waals surface area contributed by atoms with Crippen LogP contribution in [0, 0.1) is 13.8 Å². The van der Waals surface area contributed by atoms with Gasteiger partial charge in [-0.25, -0.2) is 0 Å². The van der Waals surface area contributed by atoms with Crippen LogP contribution in [0.25, 0.3) is 0 Å². The Hall–Kier alpha value is -0.900. The van der Waals surface area contributed by atoms with Gasteiger partial charge in [0.1, 0.15) is 0 Å². The van der Waals surface area contributed by atoms with E-state index in [2.05, 4.69) is 42.3 Å². The Bertz CT molecular complexity index is 386. The lowest BCUT2D eigenvalue weighted by atomic mass is 10.0. The van der Waals surface area contributed by atoms with Gasteiger partial charge in [0.25, 0.3) is 0 Å². The Kier molecular flexibility index (Phi) is 4.75. The van der Waals surface area contributed by atoms with Gasteiger partial charge in [0.05, 0.1) is 13.2 Å². The third kappa shape index (κ3) is 3.31. The summed E-state index contributed by atoms with van der Waals surface area (Å²) in [5, 5.41) is 3.43. The number of nitrogens with zero attached hydrogens (tertiary/aromatic N) is 1. The topological polar surface area (TPSA) is 24.5 Å². The lowest BCUT2D eigenvalue weighted by molar-refractivity contribution is 0.0338. The summed E-state index contributed by atoms with van der Waals surface area (Å²) in [5.41, 5.74) is 4.11. The molecule has 1 heterocycles. The molecule has 0 aliphatic carbocycles. The van der Waals surface area contributed by atoms with Crippen molar-refractivity contribution in [3.63, 3.8) is 0 Å². The van der Waals surface area contributed by atoms with Gasteiger partial charge in [-0.15, -0.1) is 0 Å². The fourth-order valence-electron chi connectivity index (χ4n) is 2.39. The highest BCUT2D eigenvalue weighted by atomic mass is 16.5. The lowest BCUT2D eigenvalue weighted by Gasteiger charge is -2.30. The molecular weight excluding hydrogens is 224 g/mol. The molecular formula is C15H24N2O. The molecule has 18 heavy (non-hydrogen) atoms. The number of morpholine rings is 1. The second-order valence-electron chi connectivity index (χ2n) is 5.10. The first kappa shape index (κ1) is 13.5. The Morgan fingerprint density at radius 3 is 2.56 bits per heavy atom. The van der Waals surface area contributed by atoms with Crippen LogP contribution in [0.2, 0.25) is 0 Å². The molecule has 3 heteroatoms. The minimum Gasteiger partial charge on any atom is -0.379 e. The van der Waals surface area contributed by atoms with Crippen molar-refractivity contribution in [3.05, 3.63) is 34.9 Å². The first-order valence-corrected chi connectivity index (χ1v) is 6.75. The molecule has 1 unspecified atom stereocenters. The third-order valence-corrected chi connectivity index (χ3v) is 3.83. The van der Waals surface area contributed by atoms with Crippen molar-refractivity contribution in [1.82, 2.24) is 10.2 Å². The van der Waals surface area contributed by atoms with Gasteiger partial charge in [0, 0.05) is 25.7 Å². The summed E-state index contributed by atoms with van der Waals surface area (Å²) in [5.74, 6) is 0. The van der Waals surface area contributed by atoms with E-state index in [-0.39, 0.29) is 0 Å². The summed E-state index contributed by atoms with van der Waals surface area (Å²) in [6.45, 7) is 9.22. The van der Waals surface area contributed by atoms with Crippen LogP contribution in [-0.2, 0) is 4.74 Å². The van der Waals surface area contributed by atoms with Crippen molar-refractivity contribution >= 4 is 0 Å². The van der Waals surface area contributed by atoms with Gasteiger partial charge in [-0.2, -0.15) is 0 Å². The number of benzene rings is 1. The highest BCUT2D eigenvalue weighted by Gasteiger charge is 2.17. The second-order valence-corrected chi connectivity index (χ2v) is 5.10. The van der Waals surface area contributed by atoms with Crippen molar-refractivity contribution in [2.24, 2.45) is 0 Å². The van der Waals surface area contributed by atoms with Crippen LogP contribution in [0.1, 0.15) is 22.7 Å². The molecule has 1 atom stereocenters. The van der Waals surface area contributed by atoms with Gasteiger partial charge < -0.3 is 10.1 Å². The number of nitrogens with one attached hydrogen (secondary N) is 1. The van der Waals surface area contributed by atoms with Crippen LogP contribution >= 0.6 is 0 Å². The first-order valence-electron chi connectivity index (χ1n) is 6.75. The summed E-state index contributed by atoms with van der Waals surface area (Å²) < 4.78 is 5.39. The summed E-state index contributed by atoms with van der Waals surface area (Å²) in [6.07, 6.45) is 0. The number of likely N-dealkylation sites (N-methyl/N-ethyl adjacent to an activating group) is 1. The van der Waals surface area contributed by atoms with Crippen LogP contribution in [-0.4, -0.2) is 44.8 Å². The molecule has 1 aromatic rings. The zero-order valence-corrected chi connectivity index (χ0v) is 11.7. The quantitative estimate of drug-likeness (QED) is 0.881. The number of ether oxygens (including phenoxy) is 1. The van der Waals surface area contributed by atoms with Gasteiger partial charge in [-0.1, -0.05) is 18.2 Å². The molecule has 1 aliphatic rings. The molecule has 1 N–H and O–H groups in total. The molecule has 0 spiro atoms. The Morgan fingerprint density at radius 1 is 1.22 bits per heavy atom. The molecule has 1 aromatic carbocycles. The lowest BCUT2D eigenvalue weighted by Crippen LogP contribution is -2.41. The molecule has 0 bridgehead atoms. The number of hydrogen-bond donors (Lipinski definition) is 1. The van der Waals surface area contributed by atoms with Crippen LogP contribution in [0.3, 0.4) is 0 Å². The highest BCUT2D eigenvalue weighted by Crippen LogP contribution is 2.18. The van der Waals surface area contributed by atoms with Crippen molar-refractivity contribution in [2.75, 3.05) is 39.9 Å². The number of rotatable bonds is 4. The Labute approximate surface area is 110 Å². The summed E-state index contributed by atoms with van der Waals surface area (Å²) in [6, 6.07) is 7.16. The van der Waals surface area contributed by atoms with E-state index in [9.17, 15) is 0 Å². The minimum atomic E-state index is 0.405. The van der Waals surface area contributed by atoms with Gasteiger partial charge >= 0.3 is 0 Å². The van der Waals surface area contributed by atoms with Crippen molar-refractivity contribution in [3.8, 4) is 0 Å². The standard InChI is InChI=1S/C15H24N2O/c1-12-4-5-14(10-13(12)2)15(16-3)11-17-6-8-18-9-7-17/h4-5,10,15-16H,6-9,11H2,1-3H3. The first-order chi connectivity index (χ1) is 8.70. The summed E-state index contributed by atoms with van der Waals surface area (Å²) in [7, 11) is 2.04. The Balaban J connectivity index is 2.04. The SMILES string of the molecule is CNC(CN1CCOCC1)c1ccc(C)c(C)c1. The van der Waals surface area contributed by atoms with Crippen LogP contribution < -0.4 is 5.32 Å². The minimum absolute atomic E-state index is 0.405. The van der Waals surface area contributed by atoms with E-state index < -0.39 is 0 Å². The fourth-order valence-corrected chi connectivity index (χ4v) is 2.39. The van der Waals surface area contributed by atoms with E-state index in [4.69, 9.17) is 4.74 Å². The molecule has 1 fully saturated rings. The molecule has 0 amide bonds. The maximum atomic E-state index is 5.39. The van der Waals surface area contributed by atoms with Crippen LogP contribution in [0.5, 0.6) is 0 Å². The van der Waals surface area contributed by atoms with E-state index in [1.54, 1.807) is 0 Å². The maximum Gasteiger partial charge on any atom is 0.0594 e. The van der Waals surface area contributed by atoms with Gasteiger partial charge in [0.15, 0.2) is 0 Å². The third-order valence-electron chi connectivity index (χ3n) is 3.83. The molecule has 3 nitrogen and oxygen atoms in total. The van der Waals surface area contributed by atoms with E-state index in [1.807, 2.05) is 7.05 Å². The van der Waals surface area contributed by atoms with E-state index in [1.165, 1.54) is 16.7 Å². The predicted octanol–water partition coefficient (Wildman–Crippen LogP) is 1.90. The molecule has 0 aromatic heterocycles. The Morgan fingerprint density at radius 2 is 1.94 bits per heavy atom. The monoisotopic (exact) mass is 248 g/mol. The van der Waals surface area contributed by atoms with E-state index in [0.717, 1.165) is 32.8 Å². The summed E-state index contributed by atoms with van der Waals surface area (Å²) >= 11 is 0. The average molecular weight is 248 g/mol. The largest absolute Gasteiger partial charge is 0.379 e. The van der Waals surface area contributed by atoms with E-state index in [0.29, 0.717) is 6.04 Å². The predicted molar refractivity (Wildman–Crippen MR) is 75.0 cm³/mol. The van der Waals surface area contributed by atoms with Crippen molar-refractivity contribution in [2.45, 2.75) is 19.9 Å². The number of aryl methyl sites for hydroxylation is 2. The molecule has 0 radical (unpaired) electrons. The highest BCUT2D eigenvalue weighted by molar-refractivity contribution is 5.31. The fraction of sp³-hybridized carbons (Fsp3) is 0.600. The van der Waals surface area contributed by atoms with Crippen molar-refractivity contribution < 1.29 is 4.74 Å². The smallest absolute Gasteiger partial charge is 0.0594 e. The van der Waals surface area contributed by atoms with E-state index >= 15 is 0 Å². The summed E-state index contributed by atoms with van der Waals surface area (Å²) in [4.78, 5) is 2.47. The van der Waals surface area contributed by atoms with Crippen molar-refractivity contribution in [1.29, 1.82) is 0 Å². The van der Waals surface area contributed by atoms with Crippen LogP contribution in [0.15, 0.2) is 18.2 Å².